The van der Waals surface area contributed by atoms with Crippen LogP contribution in [0.25, 0.3) is 16.8 Å². The Kier molecular flexibility index (Phi) is 5.01. The van der Waals surface area contributed by atoms with Gasteiger partial charge in [0.05, 0.1) is 0 Å². The number of hydrogen-bond acceptors (Lipinski definition) is 3. The zero-order chi connectivity index (χ0) is 24.1. The number of hydrogen-bond donors (Lipinski definition) is 2. The van der Waals surface area contributed by atoms with Gasteiger partial charge in [0.1, 0.15) is 18.0 Å². The van der Waals surface area contributed by atoms with Gasteiger partial charge < -0.3 is 15.8 Å². The molecule has 5 heteroatoms. The van der Waals surface area contributed by atoms with E-state index in [0.717, 1.165) is 38.9 Å². The minimum absolute atomic E-state index is 0.150. The predicted octanol–water partition coefficient (Wildman–Crippen LogP) is 5.87. The van der Waals surface area contributed by atoms with E-state index in [2.05, 4.69) is 11.9 Å². The van der Waals surface area contributed by atoms with Crippen molar-refractivity contribution in [2.24, 2.45) is 5.73 Å². The van der Waals surface area contributed by atoms with Gasteiger partial charge in [-0.25, -0.2) is 4.39 Å². The van der Waals surface area contributed by atoms with E-state index in [1.54, 1.807) is 12.1 Å². The van der Waals surface area contributed by atoms with Crippen LogP contribution in [-0.2, 0) is 11.3 Å². The maximum Gasteiger partial charge on any atom is 0.251 e. The second-order valence-electron chi connectivity index (χ2n) is 8.97. The molecule has 1 amide bonds. The first kappa shape index (κ1) is 21.3. The van der Waals surface area contributed by atoms with Crippen molar-refractivity contribution >= 4 is 11.6 Å². The highest BCUT2D eigenvalue weighted by atomic mass is 19.1. The highest BCUT2D eigenvalue weighted by Gasteiger charge is 2.43. The van der Waals surface area contributed by atoms with Crippen molar-refractivity contribution < 1.29 is 13.9 Å². The Morgan fingerprint density at radius 1 is 0.857 bits per heavy atom. The van der Waals surface area contributed by atoms with Crippen LogP contribution in [0.3, 0.4) is 0 Å². The van der Waals surface area contributed by atoms with Gasteiger partial charge in [-0.1, -0.05) is 67.2 Å². The van der Waals surface area contributed by atoms with E-state index in [9.17, 15) is 9.18 Å². The predicted molar refractivity (Wildman–Crippen MR) is 134 cm³/mol. The van der Waals surface area contributed by atoms with Crippen LogP contribution in [0.15, 0.2) is 91.5 Å². The molecule has 6 rings (SSSR count). The van der Waals surface area contributed by atoms with E-state index in [0.29, 0.717) is 23.4 Å². The molecule has 4 aromatic carbocycles. The molecule has 4 aromatic rings. The lowest BCUT2D eigenvalue weighted by Gasteiger charge is -2.18. The van der Waals surface area contributed by atoms with Gasteiger partial charge in [-0.15, -0.1) is 0 Å². The summed E-state index contributed by atoms with van der Waals surface area (Å²) in [6.45, 7) is 4.14. The van der Waals surface area contributed by atoms with Crippen LogP contribution in [0.1, 0.15) is 55.9 Å². The Hall–Kier alpha value is -4.22. The summed E-state index contributed by atoms with van der Waals surface area (Å²) in [4.78, 5) is 12.9. The molecule has 0 unspecified atom stereocenters. The average Bonchev–Trinajstić information content (AvgIpc) is 3.44. The van der Waals surface area contributed by atoms with E-state index >= 15 is 0 Å². The second-order valence-corrected chi connectivity index (χ2v) is 8.97. The molecule has 2 aliphatic heterocycles. The first-order valence-corrected chi connectivity index (χ1v) is 11.5. The Morgan fingerprint density at radius 3 is 2.26 bits per heavy atom. The van der Waals surface area contributed by atoms with Crippen LogP contribution < -0.4 is 11.1 Å². The third kappa shape index (κ3) is 3.61. The van der Waals surface area contributed by atoms with E-state index in [1.807, 2.05) is 66.7 Å². The van der Waals surface area contributed by atoms with Gasteiger partial charge in [-0.3, -0.25) is 4.79 Å². The number of amides is 1. The smallest absolute Gasteiger partial charge is 0.251 e. The van der Waals surface area contributed by atoms with Crippen molar-refractivity contribution in [1.82, 2.24) is 5.32 Å². The maximum atomic E-state index is 14.4. The maximum absolute atomic E-state index is 14.4. The zero-order valence-electron chi connectivity index (χ0n) is 18.9. The highest BCUT2D eigenvalue weighted by molar-refractivity contribution is 5.94. The number of carbonyl (C=O) groups is 1. The molecule has 3 N–H and O–H groups in total. The second kappa shape index (κ2) is 8.22. The lowest BCUT2D eigenvalue weighted by atomic mass is 9.83. The molecule has 0 spiro atoms. The summed E-state index contributed by atoms with van der Waals surface area (Å²) in [5.41, 5.74) is 14.2. The van der Waals surface area contributed by atoms with Gasteiger partial charge in [0.25, 0.3) is 5.91 Å². The fraction of sp³-hybridized carbons (Fsp3) is 0.100. The van der Waals surface area contributed by atoms with E-state index in [-0.39, 0.29) is 23.9 Å². The summed E-state index contributed by atoms with van der Waals surface area (Å²) in [6, 6.07) is 26.1. The van der Waals surface area contributed by atoms with Crippen molar-refractivity contribution in [3.05, 3.63) is 136 Å². The largest absolute Gasteiger partial charge is 0.399 e. The van der Waals surface area contributed by atoms with Crippen LogP contribution in [-0.4, -0.2) is 5.91 Å². The van der Waals surface area contributed by atoms with Crippen LogP contribution in [0.4, 0.5) is 4.39 Å². The Morgan fingerprint density at radius 2 is 1.51 bits per heavy atom. The molecule has 0 aromatic heterocycles. The van der Waals surface area contributed by atoms with Gasteiger partial charge in [-0.2, -0.15) is 0 Å². The molecule has 0 saturated heterocycles. The first-order valence-electron chi connectivity index (χ1n) is 11.5. The normalized spacial score (nSPS) is 17.1. The minimum atomic E-state index is -0.263. The van der Waals surface area contributed by atoms with Crippen molar-refractivity contribution in [3.63, 3.8) is 0 Å². The summed E-state index contributed by atoms with van der Waals surface area (Å²) in [7, 11) is 0. The van der Waals surface area contributed by atoms with Crippen LogP contribution >= 0.6 is 0 Å². The van der Waals surface area contributed by atoms with Crippen molar-refractivity contribution in [1.29, 1.82) is 0 Å². The molecule has 2 atom stereocenters. The molecule has 0 radical (unpaired) electrons. The number of nitrogens with one attached hydrogen (secondary N) is 1. The summed E-state index contributed by atoms with van der Waals surface area (Å²) in [5, 5.41) is 2.98. The molecule has 35 heavy (non-hydrogen) atoms. The molecule has 0 fully saturated rings. The fourth-order valence-corrected chi connectivity index (χ4v) is 4.97. The van der Waals surface area contributed by atoms with Gasteiger partial charge in [0.2, 0.25) is 0 Å². The zero-order valence-corrected chi connectivity index (χ0v) is 18.9. The quantitative estimate of drug-likeness (QED) is 0.390. The number of halogens is 1. The number of carbonyl (C=O) groups excluding carboxylic acids is 1. The molecular weight excluding hydrogens is 439 g/mol. The lowest BCUT2D eigenvalue weighted by Crippen LogP contribution is -2.23. The molecule has 172 valence electrons. The first-order chi connectivity index (χ1) is 17.0. The average molecular weight is 463 g/mol. The molecular formula is C30H23FN2O2. The number of nitrogens with two attached hydrogens (primary N) is 1. The van der Waals surface area contributed by atoms with E-state index < -0.39 is 0 Å². The van der Waals surface area contributed by atoms with Gasteiger partial charge >= 0.3 is 0 Å². The molecule has 4 nitrogen and oxygen atoms in total. The standard InChI is InChI=1S/C30H23FN2O2/c1-17(32)19-8-6-18(7-9-19)16-33-30(34)21-11-13-24-26(15-21)29-25-14-20(10-12-23(25)28(24)35-29)22-4-2-3-5-27(22)31/h2-15,28-29H,1,16,32H2,(H,33,34)/t28-,29+/m0/s1. The molecule has 2 heterocycles. The SMILES string of the molecule is C=C(N)c1ccc(CNC(=O)c2ccc3c(c2)[C@@H]2O[C@H]3c3ccc(-c4ccccc4F)cc32)cc1. The molecule has 0 aliphatic carbocycles. The Labute approximate surface area is 202 Å². The van der Waals surface area contributed by atoms with Crippen molar-refractivity contribution in [2.45, 2.75) is 18.8 Å². The number of rotatable bonds is 5. The summed E-state index contributed by atoms with van der Waals surface area (Å²) in [6.07, 6.45) is -0.422. The van der Waals surface area contributed by atoms with Crippen LogP contribution in [0.5, 0.6) is 0 Å². The number of fused-ring (bicyclic) bond motifs is 8. The third-order valence-electron chi connectivity index (χ3n) is 6.80. The minimum Gasteiger partial charge on any atom is -0.399 e. The number of ether oxygens (including phenoxy) is 1. The van der Waals surface area contributed by atoms with Crippen LogP contribution in [0.2, 0.25) is 0 Å². The van der Waals surface area contributed by atoms with Gasteiger partial charge in [0.15, 0.2) is 0 Å². The third-order valence-corrected chi connectivity index (χ3v) is 6.80. The highest BCUT2D eigenvalue weighted by Crippen LogP contribution is 2.54. The topological polar surface area (TPSA) is 64.3 Å². The molecule has 0 saturated carbocycles. The Bertz CT molecular complexity index is 1490. The van der Waals surface area contributed by atoms with Crippen molar-refractivity contribution in [2.75, 3.05) is 0 Å². The summed E-state index contributed by atoms with van der Waals surface area (Å²) >= 11 is 0. The Balaban J connectivity index is 1.23. The monoisotopic (exact) mass is 462 g/mol. The molecule has 2 aliphatic rings. The lowest BCUT2D eigenvalue weighted by molar-refractivity contribution is 0.0857. The van der Waals surface area contributed by atoms with E-state index in [4.69, 9.17) is 10.5 Å². The van der Waals surface area contributed by atoms with Gasteiger partial charge in [0, 0.05) is 23.4 Å². The summed E-state index contributed by atoms with van der Waals surface area (Å²) in [5.74, 6) is -0.401. The van der Waals surface area contributed by atoms with Gasteiger partial charge in [-0.05, 0) is 63.2 Å². The molecule has 2 bridgehead atoms. The summed E-state index contributed by atoms with van der Waals surface area (Å²) < 4.78 is 20.6. The fourth-order valence-electron chi connectivity index (χ4n) is 4.97. The van der Waals surface area contributed by atoms with Crippen molar-refractivity contribution in [3.8, 4) is 11.1 Å². The van der Waals surface area contributed by atoms with Crippen LogP contribution in [0, 0.1) is 5.82 Å². The number of benzene rings is 4. The van der Waals surface area contributed by atoms with E-state index in [1.165, 1.54) is 6.07 Å².